The Hall–Kier alpha value is -1.90. The maximum Gasteiger partial charge on any atom is 0.230 e. The van der Waals surface area contributed by atoms with Gasteiger partial charge in [-0.3, -0.25) is 9.69 Å². The average Bonchev–Trinajstić information content (AvgIpc) is 2.53. The van der Waals surface area contributed by atoms with Gasteiger partial charge in [0.05, 0.1) is 5.52 Å². The molecule has 0 unspecified atom stereocenters. The van der Waals surface area contributed by atoms with Gasteiger partial charge in [-0.2, -0.15) is 0 Å². The summed E-state index contributed by atoms with van der Waals surface area (Å²) in [6.07, 6.45) is 3.97. The molecule has 0 aliphatic rings. The number of carbonyl (C=O) groups excluding carboxylic acids is 1. The largest absolute Gasteiger partial charge is 0.300 e. The highest BCUT2D eigenvalue weighted by molar-refractivity contribution is 5.94. The molecule has 1 heterocycles. The summed E-state index contributed by atoms with van der Waals surface area (Å²) in [5.74, 6) is 1.02. The van der Waals surface area contributed by atoms with Crippen LogP contribution in [0.5, 0.6) is 0 Å². The van der Waals surface area contributed by atoms with Crippen molar-refractivity contribution in [1.82, 2.24) is 4.98 Å². The van der Waals surface area contributed by atoms with Gasteiger partial charge >= 0.3 is 0 Å². The van der Waals surface area contributed by atoms with Crippen molar-refractivity contribution in [3.63, 3.8) is 0 Å². The normalized spacial score (nSPS) is 11.0. The van der Waals surface area contributed by atoms with E-state index < -0.39 is 0 Å². The second-order valence-electron chi connectivity index (χ2n) is 5.53. The molecule has 2 rings (SSSR count). The van der Waals surface area contributed by atoms with E-state index in [2.05, 4.69) is 18.8 Å². The van der Waals surface area contributed by atoms with Gasteiger partial charge < -0.3 is 0 Å². The fourth-order valence-electron chi connectivity index (χ4n) is 2.72. The van der Waals surface area contributed by atoms with Gasteiger partial charge in [0.2, 0.25) is 5.91 Å². The molecule has 1 aromatic heterocycles. The molecule has 0 atom stereocenters. The van der Waals surface area contributed by atoms with E-state index in [0.29, 0.717) is 0 Å². The summed E-state index contributed by atoms with van der Waals surface area (Å²) in [7, 11) is 1.83. The molecule has 1 amide bonds. The topological polar surface area (TPSA) is 33.2 Å². The highest BCUT2D eigenvalue weighted by Gasteiger charge is 2.22. The Morgan fingerprint density at radius 3 is 2.43 bits per heavy atom. The number of amides is 1. The maximum atomic E-state index is 12.6. The number of rotatable bonds is 6. The van der Waals surface area contributed by atoms with Crippen molar-refractivity contribution < 1.29 is 4.79 Å². The SMILES string of the molecule is CCCC(CCC)C(=O)N(C)c1ccc2ccccc2n1. The first-order valence-electron chi connectivity index (χ1n) is 7.80. The third-order valence-corrected chi connectivity index (χ3v) is 3.88. The van der Waals surface area contributed by atoms with E-state index in [-0.39, 0.29) is 11.8 Å². The molecule has 21 heavy (non-hydrogen) atoms. The van der Waals surface area contributed by atoms with Crippen LogP contribution < -0.4 is 4.90 Å². The molecule has 0 aliphatic carbocycles. The molecule has 0 bridgehead atoms. The van der Waals surface area contributed by atoms with Crippen LogP contribution in [0.2, 0.25) is 0 Å². The van der Waals surface area contributed by atoms with Crippen LogP contribution in [-0.4, -0.2) is 17.9 Å². The van der Waals surface area contributed by atoms with Gasteiger partial charge in [-0.15, -0.1) is 0 Å². The van der Waals surface area contributed by atoms with Gasteiger partial charge in [0.1, 0.15) is 5.82 Å². The Bertz CT molecular complexity index is 603. The van der Waals surface area contributed by atoms with Crippen LogP contribution in [0.4, 0.5) is 5.82 Å². The van der Waals surface area contributed by atoms with Crippen LogP contribution >= 0.6 is 0 Å². The van der Waals surface area contributed by atoms with Gasteiger partial charge in [-0.05, 0) is 31.0 Å². The van der Waals surface area contributed by atoms with E-state index >= 15 is 0 Å². The number of aromatic nitrogens is 1. The highest BCUT2D eigenvalue weighted by atomic mass is 16.2. The number of carbonyl (C=O) groups is 1. The lowest BCUT2D eigenvalue weighted by Crippen LogP contribution is -2.33. The fraction of sp³-hybridized carbons (Fsp3) is 0.444. The monoisotopic (exact) mass is 284 g/mol. The molecule has 0 spiro atoms. The molecule has 0 saturated carbocycles. The van der Waals surface area contributed by atoms with Crippen molar-refractivity contribution in [2.45, 2.75) is 39.5 Å². The number of benzene rings is 1. The predicted octanol–water partition coefficient (Wildman–Crippen LogP) is 4.41. The third-order valence-electron chi connectivity index (χ3n) is 3.88. The van der Waals surface area contributed by atoms with Crippen molar-refractivity contribution in [2.24, 2.45) is 5.92 Å². The third kappa shape index (κ3) is 3.60. The fourth-order valence-corrected chi connectivity index (χ4v) is 2.72. The van der Waals surface area contributed by atoms with E-state index in [4.69, 9.17) is 0 Å². The molecule has 2 aromatic rings. The molecule has 0 fully saturated rings. The molecule has 0 radical (unpaired) electrons. The summed E-state index contributed by atoms with van der Waals surface area (Å²) in [5.41, 5.74) is 0.928. The number of hydrogen-bond donors (Lipinski definition) is 0. The molecule has 0 aliphatic heterocycles. The Kier molecular flexibility index (Phi) is 5.32. The van der Waals surface area contributed by atoms with Gasteiger partial charge in [-0.1, -0.05) is 44.9 Å². The van der Waals surface area contributed by atoms with Gasteiger partial charge in [0, 0.05) is 18.4 Å². The lowest BCUT2D eigenvalue weighted by molar-refractivity contribution is -0.122. The van der Waals surface area contributed by atoms with Crippen molar-refractivity contribution >= 4 is 22.6 Å². The van der Waals surface area contributed by atoms with E-state index in [1.807, 2.05) is 43.4 Å². The standard InChI is InChI=1S/C18H24N2O/c1-4-8-15(9-5-2)18(21)20(3)17-13-12-14-10-6-7-11-16(14)19-17/h6-7,10-13,15H,4-5,8-9H2,1-3H3. The Morgan fingerprint density at radius 2 is 1.76 bits per heavy atom. The molecule has 3 heteroatoms. The molecule has 3 nitrogen and oxygen atoms in total. The summed E-state index contributed by atoms with van der Waals surface area (Å²) >= 11 is 0. The summed E-state index contributed by atoms with van der Waals surface area (Å²) in [4.78, 5) is 19.0. The van der Waals surface area contributed by atoms with Crippen LogP contribution in [0.3, 0.4) is 0 Å². The van der Waals surface area contributed by atoms with Crippen LogP contribution in [0.25, 0.3) is 10.9 Å². The summed E-state index contributed by atoms with van der Waals surface area (Å²) < 4.78 is 0. The van der Waals surface area contributed by atoms with Crippen molar-refractivity contribution in [1.29, 1.82) is 0 Å². The lowest BCUT2D eigenvalue weighted by atomic mass is 9.97. The first kappa shape index (κ1) is 15.5. The number of fused-ring (bicyclic) bond motifs is 1. The number of nitrogens with zero attached hydrogens (tertiary/aromatic N) is 2. The minimum atomic E-state index is 0.110. The van der Waals surface area contributed by atoms with Gasteiger partial charge in [-0.25, -0.2) is 4.98 Å². The Morgan fingerprint density at radius 1 is 1.10 bits per heavy atom. The van der Waals surface area contributed by atoms with E-state index in [1.165, 1.54) is 0 Å². The smallest absolute Gasteiger partial charge is 0.230 e. The number of para-hydroxylation sites is 1. The number of pyridine rings is 1. The van der Waals surface area contributed by atoms with Crippen molar-refractivity contribution in [3.05, 3.63) is 36.4 Å². The predicted molar refractivity (Wildman–Crippen MR) is 88.5 cm³/mol. The summed E-state index contributed by atoms with van der Waals surface area (Å²) in [5, 5.41) is 1.10. The second kappa shape index (κ2) is 7.21. The van der Waals surface area contributed by atoms with Crippen LogP contribution in [0.1, 0.15) is 39.5 Å². The molecule has 0 N–H and O–H groups in total. The quantitative estimate of drug-likeness (QED) is 0.787. The van der Waals surface area contributed by atoms with E-state index in [9.17, 15) is 4.79 Å². The van der Waals surface area contributed by atoms with Crippen LogP contribution in [0.15, 0.2) is 36.4 Å². The van der Waals surface area contributed by atoms with E-state index in [0.717, 1.165) is 42.4 Å². The van der Waals surface area contributed by atoms with Gasteiger partial charge in [0.15, 0.2) is 0 Å². The molecular formula is C18H24N2O. The van der Waals surface area contributed by atoms with Crippen molar-refractivity contribution in [2.75, 3.05) is 11.9 Å². The summed E-state index contributed by atoms with van der Waals surface area (Å²) in [6, 6.07) is 11.9. The minimum Gasteiger partial charge on any atom is -0.300 e. The van der Waals surface area contributed by atoms with Gasteiger partial charge in [0.25, 0.3) is 0 Å². The lowest BCUT2D eigenvalue weighted by Gasteiger charge is -2.23. The molecular weight excluding hydrogens is 260 g/mol. The molecule has 1 aromatic carbocycles. The Balaban J connectivity index is 2.23. The van der Waals surface area contributed by atoms with Crippen molar-refractivity contribution in [3.8, 4) is 0 Å². The minimum absolute atomic E-state index is 0.110. The zero-order valence-corrected chi connectivity index (χ0v) is 13.2. The number of hydrogen-bond acceptors (Lipinski definition) is 2. The zero-order chi connectivity index (χ0) is 15.2. The van der Waals surface area contributed by atoms with Crippen LogP contribution in [-0.2, 0) is 4.79 Å². The first-order chi connectivity index (χ1) is 10.2. The zero-order valence-electron chi connectivity index (χ0n) is 13.2. The van der Waals surface area contributed by atoms with E-state index in [1.54, 1.807) is 4.90 Å². The first-order valence-corrected chi connectivity index (χ1v) is 7.80. The number of anilines is 1. The summed E-state index contributed by atoms with van der Waals surface area (Å²) in [6.45, 7) is 4.26. The Labute approximate surface area is 127 Å². The molecule has 112 valence electrons. The second-order valence-corrected chi connectivity index (χ2v) is 5.53. The highest BCUT2D eigenvalue weighted by Crippen LogP contribution is 2.21. The van der Waals surface area contributed by atoms with Crippen LogP contribution in [0, 0.1) is 5.92 Å². The maximum absolute atomic E-state index is 12.6. The average molecular weight is 284 g/mol. The molecule has 0 saturated heterocycles.